The molecule has 1 fully saturated rings. The highest BCUT2D eigenvalue weighted by molar-refractivity contribution is 5.81. The van der Waals surface area contributed by atoms with Gasteiger partial charge < -0.3 is 65.4 Å². The normalized spacial score (nSPS) is 22.2. The van der Waals surface area contributed by atoms with E-state index in [2.05, 4.69) is 45.2 Å². The molecule has 9 atom stereocenters. The van der Waals surface area contributed by atoms with Crippen molar-refractivity contribution in [3.05, 3.63) is 12.2 Å². The van der Waals surface area contributed by atoms with Crippen LogP contribution in [0.25, 0.3) is 0 Å². The van der Waals surface area contributed by atoms with Gasteiger partial charge >= 0.3 is 0 Å². The summed E-state index contributed by atoms with van der Waals surface area (Å²) in [5.41, 5.74) is -0.688. The Hall–Kier alpha value is -2.25. The number of unbranched alkanes of at least 4 members (excludes halogenated alkanes) is 8. The van der Waals surface area contributed by atoms with E-state index in [1.807, 2.05) is 25.7 Å². The fraction of sp³-hybridized carbons (Fsp3) is 0.884. The summed E-state index contributed by atoms with van der Waals surface area (Å²) in [7, 11) is 0. The predicted molar refractivity (Wildman–Crippen MR) is 224 cm³/mol. The van der Waals surface area contributed by atoms with Crippen molar-refractivity contribution >= 4 is 17.7 Å². The van der Waals surface area contributed by atoms with Gasteiger partial charge in [-0.1, -0.05) is 78.9 Å². The van der Waals surface area contributed by atoms with Crippen LogP contribution in [0.1, 0.15) is 138 Å². The lowest BCUT2D eigenvalue weighted by molar-refractivity contribution is -0.326. The maximum atomic E-state index is 13.6. The standard InChI is InChI=1S/C43H81N3O13/c1-8-10-11-12-13-14-15-16-17-18-19-20-22-33(51)45(26-23-43(6,7)46(32(50)9-2)29-42(3,4)5)25-21-24-44-40(57)37(55)36(54)39(30(49)27-47)59-41-38(56)35(53)34(52)31(28-48)58-41/h13-14,30-31,34-39,41,47-49,52-56H,8-12,15-29H2,1-7H3,(H,44,57)/b14-13-. The van der Waals surface area contributed by atoms with Crippen molar-refractivity contribution in [1.82, 2.24) is 15.1 Å². The Morgan fingerprint density at radius 1 is 0.797 bits per heavy atom. The van der Waals surface area contributed by atoms with E-state index in [4.69, 9.17) is 9.47 Å². The zero-order valence-corrected chi connectivity index (χ0v) is 37.0. The van der Waals surface area contributed by atoms with Gasteiger partial charge in [-0.3, -0.25) is 14.4 Å². The molecule has 0 bridgehead atoms. The lowest BCUT2D eigenvalue weighted by atomic mass is 9.90. The van der Waals surface area contributed by atoms with Crippen LogP contribution in [-0.2, 0) is 23.9 Å². The minimum Gasteiger partial charge on any atom is -0.394 e. The zero-order valence-electron chi connectivity index (χ0n) is 37.0. The monoisotopic (exact) mass is 848 g/mol. The molecule has 1 aliphatic heterocycles. The number of aliphatic hydroxyl groups excluding tert-OH is 8. The van der Waals surface area contributed by atoms with E-state index >= 15 is 0 Å². The van der Waals surface area contributed by atoms with Crippen molar-refractivity contribution in [2.75, 3.05) is 39.4 Å². The molecule has 0 aliphatic carbocycles. The summed E-state index contributed by atoms with van der Waals surface area (Å²) in [6, 6.07) is 0. The minimum absolute atomic E-state index is 0.00586. The molecule has 16 heteroatoms. The van der Waals surface area contributed by atoms with Crippen LogP contribution in [0.4, 0.5) is 0 Å². The predicted octanol–water partition coefficient (Wildman–Crippen LogP) is 1.90. The van der Waals surface area contributed by atoms with Gasteiger partial charge in [0.15, 0.2) is 12.4 Å². The lowest BCUT2D eigenvalue weighted by Gasteiger charge is -2.43. The summed E-state index contributed by atoms with van der Waals surface area (Å²) >= 11 is 0. The molecule has 0 aromatic heterocycles. The molecule has 1 rings (SSSR count). The third kappa shape index (κ3) is 20.0. The second kappa shape index (κ2) is 28.4. The second-order valence-electron chi connectivity index (χ2n) is 17.7. The Morgan fingerprint density at radius 2 is 1.41 bits per heavy atom. The summed E-state index contributed by atoms with van der Waals surface area (Å²) in [6.07, 6.45) is 0.0333. The van der Waals surface area contributed by atoms with Gasteiger partial charge in [0.25, 0.3) is 5.91 Å². The van der Waals surface area contributed by atoms with Gasteiger partial charge in [-0.25, -0.2) is 0 Å². The highest BCUT2D eigenvalue weighted by Gasteiger charge is 2.47. The molecule has 59 heavy (non-hydrogen) atoms. The summed E-state index contributed by atoms with van der Waals surface area (Å²) in [5.74, 6) is -1.05. The molecule has 16 nitrogen and oxygen atoms in total. The van der Waals surface area contributed by atoms with Gasteiger partial charge in [0, 0.05) is 44.6 Å². The number of carbonyl (C=O) groups excluding carboxylic acids is 3. The molecule has 0 aromatic rings. The highest BCUT2D eigenvalue weighted by atomic mass is 16.7. The van der Waals surface area contributed by atoms with Gasteiger partial charge in [0.05, 0.1) is 13.2 Å². The average Bonchev–Trinajstić information content (AvgIpc) is 3.20. The van der Waals surface area contributed by atoms with Gasteiger partial charge in [-0.15, -0.1) is 0 Å². The van der Waals surface area contributed by atoms with Crippen molar-refractivity contribution in [3.8, 4) is 0 Å². The molecule has 1 aliphatic rings. The molecule has 3 amide bonds. The Bertz CT molecular complexity index is 1210. The molecule has 0 radical (unpaired) electrons. The van der Waals surface area contributed by atoms with Crippen molar-refractivity contribution < 1.29 is 64.7 Å². The summed E-state index contributed by atoms with van der Waals surface area (Å²) < 4.78 is 10.7. The summed E-state index contributed by atoms with van der Waals surface area (Å²) in [6.45, 7) is 13.7. The van der Waals surface area contributed by atoms with Crippen molar-refractivity contribution in [2.45, 2.75) is 199 Å². The number of hydrogen-bond acceptors (Lipinski definition) is 13. The molecule has 0 spiro atoms. The topological polar surface area (TPSA) is 250 Å². The number of hydrogen-bond donors (Lipinski definition) is 9. The van der Waals surface area contributed by atoms with Crippen LogP contribution in [0.3, 0.4) is 0 Å². The van der Waals surface area contributed by atoms with Crippen molar-refractivity contribution in [2.24, 2.45) is 5.41 Å². The Morgan fingerprint density at radius 3 is 1.98 bits per heavy atom. The van der Waals surface area contributed by atoms with Crippen LogP contribution < -0.4 is 5.32 Å². The molecule has 0 aromatic carbocycles. The van der Waals surface area contributed by atoms with Crippen LogP contribution in [0, 0.1) is 5.41 Å². The third-order valence-electron chi connectivity index (χ3n) is 10.8. The van der Waals surface area contributed by atoms with Gasteiger partial charge in [-0.05, 0) is 64.2 Å². The van der Waals surface area contributed by atoms with Crippen molar-refractivity contribution in [1.29, 1.82) is 0 Å². The van der Waals surface area contributed by atoms with Crippen LogP contribution in [-0.4, -0.2) is 168 Å². The van der Waals surface area contributed by atoms with Crippen LogP contribution in [0.15, 0.2) is 12.2 Å². The van der Waals surface area contributed by atoms with E-state index in [-0.39, 0.29) is 36.7 Å². The first-order valence-electron chi connectivity index (χ1n) is 21.9. The molecule has 0 saturated carbocycles. The SMILES string of the molecule is CCCCC/C=C\CCCCCCCC(=O)N(CCCNC(=O)C(O)C(O)C(OC1OC(CO)C(O)C(O)C1O)C(O)CO)CCC(C)(C)N(CC(C)(C)C)C(=O)CC. The Labute approximate surface area is 353 Å². The molecular weight excluding hydrogens is 766 g/mol. The highest BCUT2D eigenvalue weighted by Crippen LogP contribution is 2.28. The summed E-state index contributed by atoms with van der Waals surface area (Å²) in [5, 5.41) is 84.0. The number of nitrogens with zero attached hydrogens (tertiary/aromatic N) is 2. The lowest BCUT2D eigenvalue weighted by Crippen LogP contribution is -2.62. The van der Waals surface area contributed by atoms with Crippen LogP contribution in [0.5, 0.6) is 0 Å². The number of ether oxygens (including phenoxy) is 2. The maximum Gasteiger partial charge on any atom is 0.251 e. The fourth-order valence-corrected chi connectivity index (χ4v) is 6.94. The van der Waals surface area contributed by atoms with E-state index < -0.39 is 79.8 Å². The second-order valence-corrected chi connectivity index (χ2v) is 17.7. The van der Waals surface area contributed by atoms with E-state index in [0.717, 1.165) is 44.9 Å². The smallest absolute Gasteiger partial charge is 0.251 e. The number of amides is 3. The maximum absolute atomic E-state index is 13.6. The average molecular weight is 848 g/mol. The van der Waals surface area contributed by atoms with Gasteiger partial charge in [0.1, 0.15) is 42.7 Å². The molecule has 346 valence electrons. The number of carbonyl (C=O) groups is 3. The van der Waals surface area contributed by atoms with E-state index in [1.54, 1.807) is 4.90 Å². The molecule has 9 unspecified atom stereocenters. The Balaban J connectivity index is 2.91. The molecule has 1 saturated heterocycles. The quantitative estimate of drug-likeness (QED) is 0.0371. The van der Waals surface area contributed by atoms with Crippen molar-refractivity contribution in [3.63, 3.8) is 0 Å². The summed E-state index contributed by atoms with van der Waals surface area (Å²) in [4.78, 5) is 43.3. The first kappa shape index (κ1) is 54.8. The zero-order chi connectivity index (χ0) is 44.8. The number of aliphatic hydroxyl groups is 8. The number of allylic oxidation sites excluding steroid dienone is 2. The van der Waals surface area contributed by atoms with Crippen LogP contribution >= 0.6 is 0 Å². The first-order valence-corrected chi connectivity index (χ1v) is 21.9. The molecule has 1 heterocycles. The van der Waals surface area contributed by atoms with Crippen LogP contribution in [0.2, 0.25) is 0 Å². The van der Waals surface area contributed by atoms with E-state index in [0.29, 0.717) is 32.4 Å². The molecular formula is C43H81N3O13. The van der Waals surface area contributed by atoms with Gasteiger partial charge in [0.2, 0.25) is 11.8 Å². The largest absolute Gasteiger partial charge is 0.394 e. The first-order chi connectivity index (χ1) is 27.8. The number of nitrogens with one attached hydrogen (secondary N) is 1. The van der Waals surface area contributed by atoms with Gasteiger partial charge in [-0.2, -0.15) is 0 Å². The molecule has 9 N–H and O–H groups in total. The van der Waals surface area contributed by atoms with E-state index in [9.17, 15) is 55.2 Å². The minimum atomic E-state index is -2.20. The Kier molecular flexibility index (Phi) is 26.3. The van der Waals surface area contributed by atoms with E-state index in [1.165, 1.54) is 19.3 Å². The fourth-order valence-electron chi connectivity index (χ4n) is 6.94. The number of rotatable bonds is 30. The third-order valence-corrected chi connectivity index (χ3v) is 10.8.